The number of anilines is 1. The number of carbonyl (C=O) groups is 2. The van der Waals surface area contributed by atoms with Crippen molar-refractivity contribution in [1.29, 1.82) is 0 Å². The molecule has 1 saturated heterocycles. The monoisotopic (exact) mass is 353 g/mol. The summed E-state index contributed by atoms with van der Waals surface area (Å²) >= 11 is 0. The minimum Gasteiger partial charge on any atom is -0.391 e. The first kappa shape index (κ1) is 18.1. The molecule has 1 heterocycles. The van der Waals surface area contributed by atoms with Crippen LogP contribution in [0.1, 0.15) is 20.7 Å². The highest BCUT2D eigenvalue weighted by Gasteiger charge is 2.25. The Morgan fingerprint density at radius 2 is 1.85 bits per heavy atom. The second-order valence-corrected chi connectivity index (χ2v) is 6.48. The van der Waals surface area contributed by atoms with Gasteiger partial charge in [-0.1, -0.05) is 24.3 Å². The highest BCUT2D eigenvalue weighted by Crippen LogP contribution is 2.16. The van der Waals surface area contributed by atoms with Crippen molar-refractivity contribution in [3.05, 3.63) is 65.7 Å². The minimum absolute atomic E-state index is 0.00739. The molecule has 3 rings (SSSR count). The van der Waals surface area contributed by atoms with Crippen molar-refractivity contribution in [2.75, 3.05) is 31.6 Å². The fourth-order valence-corrected chi connectivity index (χ4v) is 3.01. The lowest BCUT2D eigenvalue weighted by atomic mass is 10.1. The van der Waals surface area contributed by atoms with Crippen LogP contribution in [0.3, 0.4) is 0 Å². The molecular formula is C20H23N3O3. The molecule has 6 heteroatoms. The van der Waals surface area contributed by atoms with Crippen molar-refractivity contribution in [1.82, 2.24) is 10.6 Å². The number of nitrogens with one attached hydrogen (secondary N) is 2. The van der Waals surface area contributed by atoms with Crippen LogP contribution in [0.15, 0.2) is 54.6 Å². The quantitative estimate of drug-likeness (QED) is 0.756. The van der Waals surface area contributed by atoms with Crippen molar-refractivity contribution >= 4 is 17.5 Å². The summed E-state index contributed by atoms with van der Waals surface area (Å²) in [6.45, 7) is 1.63. The fourth-order valence-electron chi connectivity index (χ4n) is 3.01. The van der Waals surface area contributed by atoms with Gasteiger partial charge in [-0.15, -0.1) is 0 Å². The average molecular weight is 353 g/mol. The highest BCUT2D eigenvalue weighted by atomic mass is 16.3. The van der Waals surface area contributed by atoms with Crippen LogP contribution in [0, 0.1) is 5.92 Å². The van der Waals surface area contributed by atoms with Gasteiger partial charge in [0.05, 0.1) is 6.10 Å². The van der Waals surface area contributed by atoms with Gasteiger partial charge in [0, 0.05) is 49.4 Å². The summed E-state index contributed by atoms with van der Waals surface area (Å²) in [6, 6.07) is 16.0. The van der Waals surface area contributed by atoms with E-state index in [1.807, 2.05) is 30.3 Å². The molecule has 2 unspecified atom stereocenters. The van der Waals surface area contributed by atoms with Crippen LogP contribution in [-0.2, 0) is 0 Å². The van der Waals surface area contributed by atoms with Crippen molar-refractivity contribution in [3.63, 3.8) is 0 Å². The van der Waals surface area contributed by atoms with Crippen molar-refractivity contribution in [2.45, 2.75) is 6.10 Å². The van der Waals surface area contributed by atoms with Gasteiger partial charge in [0.1, 0.15) is 0 Å². The first-order chi connectivity index (χ1) is 12.6. The molecule has 0 aromatic heterocycles. The molecule has 26 heavy (non-hydrogen) atoms. The maximum absolute atomic E-state index is 12.7. The molecule has 2 aromatic rings. The van der Waals surface area contributed by atoms with E-state index in [0.717, 1.165) is 5.69 Å². The van der Waals surface area contributed by atoms with Crippen molar-refractivity contribution in [2.24, 2.45) is 5.92 Å². The first-order valence-corrected chi connectivity index (χ1v) is 8.66. The predicted molar refractivity (Wildman–Crippen MR) is 100 cm³/mol. The van der Waals surface area contributed by atoms with E-state index in [0.29, 0.717) is 30.8 Å². The van der Waals surface area contributed by atoms with Crippen LogP contribution in [0.5, 0.6) is 0 Å². The lowest BCUT2D eigenvalue weighted by Crippen LogP contribution is -2.34. The summed E-state index contributed by atoms with van der Waals surface area (Å²) < 4.78 is 0. The Kier molecular flexibility index (Phi) is 5.65. The van der Waals surface area contributed by atoms with E-state index in [1.54, 1.807) is 36.2 Å². The standard InChI is InChI=1S/C20H23N3O3/c1-23(17-8-3-2-4-9-17)20(26)15-7-5-6-14(10-15)19(25)22-12-16-11-21-13-18(16)24/h2-10,16,18,21,24H,11-13H2,1H3,(H,22,25). The second-order valence-electron chi connectivity index (χ2n) is 6.48. The number of amides is 2. The van der Waals surface area contributed by atoms with Crippen LogP contribution >= 0.6 is 0 Å². The normalized spacial score (nSPS) is 19.2. The Labute approximate surface area is 152 Å². The third-order valence-corrected chi connectivity index (χ3v) is 4.65. The van der Waals surface area contributed by atoms with E-state index < -0.39 is 6.10 Å². The molecule has 1 aliphatic heterocycles. The first-order valence-electron chi connectivity index (χ1n) is 8.66. The lowest BCUT2D eigenvalue weighted by molar-refractivity contribution is 0.0927. The number of aliphatic hydroxyl groups excluding tert-OH is 1. The third kappa shape index (κ3) is 4.09. The topological polar surface area (TPSA) is 81.7 Å². The summed E-state index contributed by atoms with van der Waals surface area (Å²) in [5.74, 6) is -0.421. The van der Waals surface area contributed by atoms with E-state index in [9.17, 15) is 14.7 Å². The Balaban J connectivity index is 1.67. The molecule has 0 bridgehead atoms. The molecule has 136 valence electrons. The van der Waals surface area contributed by atoms with Gasteiger partial charge in [-0.3, -0.25) is 9.59 Å². The predicted octanol–water partition coefficient (Wildman–Crippen LogP) is 1.27. The van der Waals surface area contributed by atoms with Crippen LogP contribution in [0.4, 0.5) is 5.69 Å². The van der Waals surface area contributed by atoms with Crippen LogP contribution in [0.2, 0.25) is 0 Å². The van der Waals surface area contributed by atoms with Gasteiger partial charge in [-0.25, -0.2) is 0 Å². The molecule has 1 fully saturated rings. The van der Waals surface area contributed by atoms with Crippen LogP contribution in [-0.4, -0.2) is 49.7 Å². The minimum atomic E-state index is -0.442. The van der Waals surface area contributed by atoms with E-state index in [1.165, 1.54) is 0 Å². The van der Waals surface area contributed by atoms with Gasteiger partial charge in [0.25, 0.3) is 11.8 Å². The number of hydrogen-bond acceptors (Lipinski definition) is 4. The van der Waals surface area contributed by atoms with Gasteiger partial charge >= 0.3 is 0 Å². The zero-order valence-electron chi connectivity index (χ0n) is 14.7. The molecule has 0 saturated carbocycles. The van der Waals surface area contributed by atoms with Crippen molar-refractivity contribution in [3.8, 4) is 0 Å². The number of β-amino-alcohol motifs (C(OH)–C–C–N with tert-alkyl or cyclic N) is 1. The number of aliphatic hydroxyl groups is 1. The summed E-state index contributed by atoms with van der Waals surface area (Å²) in [6.07, 6.45) is -0.442. The molecular weight excluding hydrogens is 330 g/mol. The van der Waals surface area contributed by atoms with E-state index >= 15 is 0 Å². The van der Waals surface area contributed by atoms with Gasteiger partial charge in [0.2, 0.25) is 0 Å². The zero-order chi connectivity index (χ0) is 18.5. The second kappa shape index (κ2) is 8.12. The average Bonchev–Trinajstić information content (AvgIpc) is 3.10. The molecule has 0 spiro atoms. The van der Waals surface area contributed by atoms with Crippen LogP contribution in [0.25, 0.3) is 0 Å². The van der Waals surface area contributed by atoms with Gasteiger partial charge < -0.3 is 20.6 Å². The van der Waals surface area contributed by atoms with E-state index in [2.05, 4.69) is 10.6 Å². The lowest BCUT2D eigenvalue weighted by Gasteiger charge is -2.18. The molecule has 2 aromatic carbocycles. The maximum atomic E-state index is 12.7. The van der Waals surface area contributed by atoms with Gasteiger partial charge in [0.15, 0.2) is 0 Å². The molecule has 3 N–H and O–H groups in total. The Bertz CT molecular complexity index is 779. The Morgan fingerprint density at radius 1 is 1.12 bits per heavy atom. The SMILES string of the molecule is CN(C(=O)c1cccc(C(=O)NCC2CNCC2O)c1)c1ccccc1. The number of carbonyl (C=O) groups excluding carboxylic acids is 2. The number of nitrogens with zero attached hydrogens (tertiary/aromatic N) is 1. The number of rotatable bonds is 5. The number of benzene rings is 2. The highest BCUT2D eigenvalue weighted by molar-refractivity contribution is 6.07. The summed E-state index contributed by atoms with van der Waals surface area (Å²) in [7, 11) is 1.71. The van der Waals surface area contributed by atoms with E-state index in [-0.39, 0.29) is 17.7 Å². The Hall–Kier alpha value is -2.70. The molecule has 0 aliphatic carbocycles. The molecule has 2 amide bonds. The molecule has 1 aliphatic rings. The summed E-state index contributed by atoms with van der Waals surface area (Å²) in [5.41, 5.74) is 1.67. The number of para-hydroxylation sites is 1. The molecule has 6 nitrogen and oxygen atoms in total. The maximum Gasteiger partial charge on any atom is 0.258 e. The summed E-state index contributed by atoms with van der Waals surface area (Å²) in [5, 5.41) is 15.7. The number of hydrogen-bond donors (Lipinski definition) is 3. The van der Waals surface area contributed by atoms with Gasteiger partial charge in [-0.05, 0) is 30.3 Å². The van der Waals surface area contributed by atoms with Crippen LogP contribution < -0.4 is 15.5 Å². The molecule has 2 atom stereocenters. The smallest absolute Gasteiger partial charge is 0.258 e. The zero-order valence-corrected chi connectivity index (χ0v) is 14.7. The summed E-state index contributed by atoms with van der Waals surface area (Å²) in [4.78, 5) is 26.6. The largest absolute Gasteiger partial charge is 0.391 e. The van der Waals surface area contributed by atoms with Crippen molar-refractivity contribution < 1.29 is 14.7 Å². The Morgan fingerprint density at radius 3 is 2.54 bits per heavy atom. The van der Waals surface area contributed by atoms with Gasteiger partial charge in [-0.2, -0.15) is 0 Å². The third-order valence-electron chi connectivity index (χ3n) is 4.65. The molecule has 0 radical (unpaired) electrons. The van der Waals surface area contributed by atoms with E-state index in [4.69, 9.17) is 0 Å². The fraction of sp³-hybridized carbons (Fsp3) is 0.300.